The zero-order chi connectivity index (χ0) is 23.4. The van der Waals surface area contributed by atoms with Crippen LogP contribution in [-0.4, -0.2) is 20.4 Å². The minimum Gasteiger partial charge on any atom is -0.450 e. The number of aryl methyl sites for hydroxylation is 1. The summed E-state index contributed by atoms with van der Waals surface area (Å²) in [5.41, 5.74) is 1.06. The maximum Gasteiger partial charge on any atom is 0.313 e. The molecule has 33 heavy (non-hydrogen) atoms. The number of rotatable bonds is 7. The Kier molecular flexibility index (Phi) is 6.37. The molecule has 1 N–H and O–H groups in total. The number of nitro benzene ring substituents is 1. The number of halogens is 1. The quantitative estimate of drug-likeness (QED) is 0.297. The first-order valence-corrected chi connectivity index (χ1v) is 10.3. The van der Waals surface area contributed by atoms with E-state index in [9.17, 15) is 14.9 Å². The molecule has 0 aliphatic heterocycles. The van der Waals surface area contributed by atoms with Crippen LogP contribution in [0.3, 0.4) is 0 Å². The molecule has 0 saturated heterocycles. The number of nitrogens with zero attached hydrogens (tertiary/aromatic N) is 3. The van der Waals surface area contributed by atoms with E-state index < -0.39 is 11.0 Å². The lowest BCUT2D eigenvalue weighted by molar-refractivity contribution is -0.385. The highest BCUT2D eigenvalue weighted by atomic mass is 35.5. The van der Waals surface area contributed by atoms with Crippen molar-refractivity contribution in [1.82, 2.24) is 14.9 Å². The van der Waals surface area contributed by atoms with Gasteiger partial charge in [-0.3, -0.25) is 14.9 Å². The first-order valence-electron chi connectivity index (χ1n) is 9.97. The zero-order valence-corrected chi connectivity index (χ0v) is 18.3. The summed E-state index contributed by atoms with van der Waals surface area (Å²) in [5.74, 6) is 0.807. The SMILES string of the molecule is Cn1ccnc1[C@H](NC(=O)c1ccc(Oc2ccc(Cl)cc2[N+](=O)[O-])cc1)c1ccccc1. The molecule has 4 rings (SSSR count). The molecule has 0 fully saturated rings. The molecule has 9 heteroatoms. The van der Waals surface area contributed by atoms with Crippen molar-refractivity contribution < 1.29 is 14.5 Å². The van der Waals surface area contributed by atoms with Gasteiger partial charge < -0.3 is 14.6 Å². The second kappa shape index (κ2) is 9.54. The molecule has 1 heterocycles. The normalized spacial score (nSPS) is 11.6. The second-order valence-corrected chi connectivity index (χ2v) is 7.65. The molecule has 0 aliphatic rings. The summed E-state index contributed by atoms with van der Waals surface area (Å²) in [6, 6.07) is 19.6. The number of amides is 1. The molecule has 1 aromatic heterocycles. The van der Waals surface area contributed by atoms with Crippen LogP contribution in [0.4, 0.5) is 5.69 Å². The number of hydrogen-bond acceptors (Lipinski definition) is 5. The number of ether oxygens (including phenoxy) is 1. The van der Waals surface area contributed by atoms with Gasteiger partial charge in [-0.25, -0.2) is 4.98 Å². The summed E-state index contributed by atoms with van der Waals surface area (Å²) in [5, 5.41) is 14.5. The third-order valence-electron chi connectivity index (χ3n) is 4.99. The number of carbonyl (C=O) groups excluding carboxylic acids is 1. The molecule has 0 saturated carbocycles. The smallest absolute Gasteiger partial charge is 0.313 e. The van der Waals surface area contributed by atoms with Crippen LogP contribution in [-0.2, 0) is 7.05 Å². The highest BCUT2D eigenvalue weighted by molar-refractivity contribution is 6.30. The number of benzene rings is 3. The molecular formula is C24H19ClN4O4. The first-order chi connectivity index (χ1) is 15.9. The van der Waals surface area contributed by atoms with Crippen molar-refractivity contribution in [3.63, 3.8) is 0 Å². The summed E-state index contributed by atoms with van der Waals surface area (Å²) in [6.45, 7) is 0. The molecule has 0 spiro atoms. The van der Waals surface area contributed by atoms with Crippen LogP contribution in [0.15, 0.2) is 85.2 Å². The van der Waals surface area contributed by atoms with E-state index >= 15 is 0 Å². The number of imidazole rings is 1. The third-order valence-corrected chi connectivity index (χ3v) is 5.22. The molecule has 3 aromatic carbocycles. The lowest BCUT2D eigenvalue weighted by atomic mass is 10.1. The summed E-state index contributed by atoms with van der Waals surface area (Å²) < 4.78 is 7.50. The third kappa shape index (κ3) is 5.02. The summed E-state index contributed by atoms with van der Waals surface area (Å²) >= 11 is 5.84. The minimum atomic E-state index is -0.565. The van der Waals surface area contributed by atoms with Gasteiger partial charge in [0.1, 0.15) is 17.6 Å². The standard InChI is InChI=1S/C24H19ClN4O4/c1-28-14-13-26-23(28)22(16-5-3-2-4-6-16)27-24(30)17-7-10-19(11-8-17)33-21-12-9-18(25)15-20(21)29(31)32/h2-15,22H,1H3,(H,27,30)/t22-/m1/s1. The monoisotopic (exact) mass is 462 g/mol. The Bertz CT molecular complexity index is 1290. The molecule has 0 radical (unpaired) electrons. The van der Waals surface area contributed by atoms with Crippen molar-refractivity contribution in [2.75, 3.05) is 0 Å². The van der Waals surface area contributed by atoms with E-state index in [-0.39, 0.29) is 22.4 Å². The average molecular weight is 463 g/mol. The van der Waals surface area contributed by atoms with Crippen molar-refractivity contribution in [3.05, 3.63) is 117 Å². The van der Waals surface area contributed by atoms with Crippen LogP contribution in [0.5, 0.6) is 11.5 Å². The molecule has 8 nitrogen and oxygen atoms in total. The fraction of sp³-hybridized carbons (Fsp3) is 0.0833. The average Bonchev–Trinajstić information content (AvgIpc) is 3.25. The lowest BCUT2D eigenvalue weighted by Crippen LogP contribution is -2.31. The maximum atomic E-state index is 13.0. The number of carbonyl (C=O) groups is 1. The highest BCUT2D eigenvalue weighted by Gasteiger charge is 2.21. The van der Waals surface area contributed by atoms with Gasteiger partial charge in [-0.1, -0.05) is 41.9 Å². The first kappa shape index (κ1) is 22.0. The van der Waals surface area contributed by atoms with E-state index in [0.717, 1.165) is 5.56 Å². The predicted octanol–water partition coefficient (Wildman–Crippen LogP) is 5.29. The molecule has 1 amide bonds. The topological polar surface area (TPSA) is 99.3 Å². The number of nitro groups is 1. The Morgan fingerprint density at radius 3 is 2.48 bits per heavy atom. The number of hydrogen-bond donors (Lipinski definition) is 1. The largest absolute Gasteiger partial charge is 0.450 e. The van der Waals surface area contributed by atoms with Crippen LogP contribution in [0.25, 0.3) is 0 Å². The molecule has 4 aromatic rings. The van der Waals surface area contributed by atoms with Gasteiger partial charge in [0.05, 0.1) is 4.92 Å². The van der Waals surface area contributed by atoms with Crippen molar-refractivity contribution in [1.29, 1.82) is 0 Å². The van der Waals surface area contributed by atoms with Crippen LogP contribution < -0.4 is 10.1 Å². The van der Waals surface area contributed by atoms with Gasteiger partial charge in [-0.2, -0.15) is 0 Å². The number of nitrogens with one attached hydrogen (secondary N) is 1. The molecule has 166 valence electrons. The van der Waals surface area contributed by atoms with Crippen molar-refractivity contribution in [3.8, 4) is 11.5 Å². The van der Waals surface area contributed by atoms with Crippen molar-refractivity contribution in [2.24, 2.45) is 7.05 Å². The molecule has 0 bridgehead atoms. The van der Waals surface area contributed by atoms with Crippen LogP contribution >= 0.6 is 11.6 Å². The maximum absolute atomic E-state index is 13.0. The molecule has 0 unspecified atom stereocenters. The van der Waals surface area contributed by atoms with E-state index in [1.54, 1.807) is 30.5 Å². The highest BCUT2D eigenvalue weighted by Crippen LogP contribution is 2.33. The molecule has 1 atom stereocenters. The van der Waals surface area contributed by atoms with Gasteiger partial charge in [0.2, 0.25) is 5.75 Å². The van der Waals surface area contributed by atoms with E-state index in [4.69, 9.17) is 16.3 Å². The lowest BCUT2D eigenvalue weighted by Gasteiger charge is -2.19. The van der Waals surface area contributed by atoms with E-state index in [2.05, 4.69) is 10.3 Å². The Balaban J connectivity index is 1.53. The van der Waals surface area contributed by atoms with Crippen LogP contribution in [0, 0.1) is 10.1 Å². The molecule has 0 aliphatic carbocycles. The summed E-state index contributed by atoms with van der Waals surface area (Å²) in [7, 11) is 1.87. The second-order valence-electron chi connectivity index (χ2n) is 7.21. The number of aromatic nitrogens is 2. The van der Waals surface area contributed by atoms with Gasteiger partial charge in [0.25, 0.3) is 5.91 Å². The Hall–Kier alpha value is -4.17. The van der Waals surface area contributed by atoms with Gasteiger partial charge in [0, 0.05) is 36.1 Å². The summed E-state index contributed by atoms with van der Waals surface area (Å²) in [6.07, 6.45) is 3.50. The Labute approximate surface area is 194 Å². The van der Waals surface area contributed by atoms with Crippen LogP contribution in [0.1, 0.15) is 27.8 Å². The Morgan fingerprint density at radius 2 is 1.85 bits per heavy atom. The van der Waals surface area contributed by atoms with Gasteiger partial charge in [0.15, 0.2) is 0 Å². The fourth-order valence-electron chi connectivity index (χ4n) is 3.33. The van der Waals surface area contributed by atoms with Crippen LogP contribution in [0.2, 0.25) is 5.02 Å². The predicted molar refractivity (Wildman–Crippen MR) is 124 cm³/mol. The van der Waals surface area contributed by atoms with E-state index in [1.165, 1.54) is 18.2 Å². The Morgan fingerprint density at radius 1 is 1.12 bits per heavy atom. The zero-order valence-electron chi connectivity index (χ0n) is 17.5. The van der Waals surface area contributed by atoms with Gasteiger partial charge in [-0.05, 0) is 42.0 Å². The minimum absolute atomic E-state index is 0.0560. The fourth-order valence-corrected chi connectivity index (χ4v) is 3.50. The van der Waals surface area contributed by atoms with E-state index in [0.29, 0.717) is 17.1 Å². The van der Waals surface area contributed by atoms with Crippen molar-refractivity contribution >= 4 is 23.2 Å². The van der Waals surface area contributed by atoms with Gasteiger partial charge >= 0.3 is 5.69 Å². The van der Waals surface area contributed by atoms with Gasteiger partial charge in [-0.15, -0.1) is 0 Å². The van der Waals surface area contributed by atoms with E-state index in [1.807, 2.05) is 48.1 Å². The van der Waals surface area contributed by atoms with Crippen molar-refractivity contribution in [2.45, 2.75) is 6.04 Å². The summed E-state index contributed by atoms with van der Waals surface area (Å²) in [4.78, 5) is 28.1. The molecular weight excluding hydrogens is 444 g/mol.